The third-order valence-electron chi connectivity index (χ3n) is 6.58. The van der Waals surface area contributed by atoms with Gasteiger partial charge in [-0.05, 0) is 38.7 Å². The van der Waals surface area contributed by atoms with Crippen molar-refractivity contribution in [2.45, 2.75) is 65.3 Å². The lowest BCUT2D eigenvalue weighted by molar-refractivity contribution is -0.163. The number of ether oxygens (including phenoxy) is 2. The van der Waals surface area contributed by atoms with E-state index in [1.165, 1.54) is 4.90 Å². The standard InChI is InChI=1S/C26H33NO5/c1-5-20-22(19-13-9-8-10-14-19)23(29)27(18-32-20)25(4,21(28)6-2)17-26(15-11-12-16-26)24(30)31-7-3/h8-14H,5-7,15-18H2,1-4H3. The molecule has 1 amide bonds. The molecule has 0 radical (unpaired) electrons. The maximum absolute atomic E-state index is 13.8. The number of benzene rings is 1. The SMILES string of the molecule is CCOC(=O)C1(CC(C)(C(=O)CC)N2COC(CC)=C(c3ccccc3)C2=O)CC=CC1. The number of hydrogen-bond donors (Lipinski definition) is 0. The van der Waals surface area contributed by atoms with Crippen LogP contribution in [0.1, 0.15) is 65.4 Å². The number of amides is 1. The Hall–Kier alpha value is -2.89. The summed E-state index contributed by atoms with van der Waals surface area (Å²) >= 11 is 0. The Morgan fingerprint density at radius 1 is 1.12 bits per heavy atom. The van der Waals surface area contributed by atoms with Gasteiger partial charge in [-0.2, -0.15) is 0 Å². The Labute approximate surface area is 190 Å². The fraction of sp³-hybridized carbons (Fsp3) is 0.500. The monoisotopic (exact) mass is 439 g/mol. The molecule has 1 aromatic rings. The van der Waals surface area contributed by atoms with Crippen LogP contribution in [0.15, 0.2) is 48.2 Å². The molecular formula is C26H33NO5. The molecule has 0 bridgehead atoms. The number of allylic oxidation sites excluding steroid dienone is 3. The summed E-state index contributed by atoms with van der Waals surface area (Å²) in [6.45, 7) is 7.51. The van der Waals surface area contributed by atoms with E-state index in [2.05, 4.69) is 0 Å². The molecule has 0 aromatic heterocycles. The van der Waals surface area contributed by atoms with Crippen LogP contribution in [0, 0.1) is 5.41 Å². The Bertz CT molecular complexity index is 925. The zero-order valence-electron chi connectivity index (χ0n) is 19.5. The topological polar surface area (TPSA) is 72.9 Å². The zero-order valence-corrected chi connectivity index (χ0v) is 19.5. The average Bonchev–Trinajstić information content (AvgIpc) is 3.28. The fourth-order valence-corrected chi connectivity index (χ4v) is 4.82. The van der Waals surface area contributed by atoms with Crippen LogP contribution >= 0.6 is 0 Å². The highest BCUT2D eigenvalue weighted by Crippen LogP contribution is 2.45. The number of esters is 1. The van der Waals surface area contributed by atoms with E-state index in [1.807, 2.05) is 49.4 Å². The molecule has 6 heteroatoms. The van der Waals surface area contributed by atoms with Crippen molar-refractivity contribution in [3.8, 4) is 0 Å². The average molecular weight is 440 g/mol. The summed E-state index contributed by atoms with van der Waals surface area (Å²) in [4.78, 5) is 41.7. The molecule has 0 fully saturated rings. The van der Waals surface area contributed by atoms with Gasteiger partial charge in [0.15, 0.2) is 12.5 Å². The van der Waals surface area contributed by atoms with Gasteiger partial charge in [0.2, 0.25) is 0 Å². The molecule has 1 heterocycles. The number of carbonyl (C=O) groups is 3. The first-order valence-electron chi connectivity index (χ1n) is 11.4. The Morgan fingerprint density at radius 2 is 1.78 bits per heavy atom. The molecular weight excluding hydrogens is 406 g/mol. The maximum Gasteiger partial charge on any atom is 0.312 e. The van der Waals surface area contributed by atoms with Gasteiger partial charge in [-0.1, -0.05) is 56.3 Å². The van der Waals surface area contributed by atoms with Crippen molar-refractivity contribution >= 4 is 23.2 Å². The third kappa shape index (κ3) is 4.23. The number of carbonyl (C=O) groups excluding carboxylic acids is 3. The maximum atomic E-state index is 13.8. The predicted octanol–water partition coefficient (Wildman–Crippen LogP) is 4.65. The van der Waals surface area contributed by atoms with E-state index in [0.29, 0.717) is 30.6 Å². The molecule has 0 spiro atoms. The molecule has 1 aliphatic carbocycles. The summed E-state index contributed by atoms with van der Waals surface area (Å²) < 4.78 is 11.4. The molecule has 0 N–H and O–H groups in total. The number of Topliss-reactive ketones (excluding diaryl/α,β-unsaturated/α-hetero) is 1. The van der Waals surface area contributed by atoms with Crippen LogP contribution in [-0.2, 0) is 23.9 Å². The van der Waals surface area contributed by atoms with Gasteiger partial charge in [-0.25, -0.2) is 0 Å². The van der Waals surface area contributed by atoms with Gasteiger partial charge < -0.3 is 9.47 Å². The van der Waals surface area contributed by atoms with Gasteiger partial charge in [0.25, 0.3) is 5.91 Å². The minimum Gasteiger partial charge on any atom is -0.476 e. The number of ketones is 1. The first-order valence-corrected chi connectivity index (χ1v) is 11.4. The smallest absolute Gasteiger partial charge is 0.312 e. The number of nitrogens with zero attached hydrogens (tertiary/aromatic N) is 1. The number of rotatable bonds is 9. The van der Waals surface area contributed by atoms with Crippen molar-refractivity contribution < 1.29 is 23.9 Å². The van der Waals surface area contributed by atoms with E-state index < -0.39 is 11.0 Å². The van der Waals surface area contributed by atoms with Gasteiger partial charge >= 0.3 is 5.97 Å². The highest BCUT2D eigenvalue weighted by molar-refractivity contribution is 6.21. The van der Waals surface area contributed by atoms with Crippen LogP contribution in [0.25, 0.3) is 5.57 Å². The summed E-state index contributed by atoms with van der Waals surface area (Å²) in [5.41, 5.74) is -0.834. The van der Waals surface area contributed by atoms with E-state index in [1.54, 1.807) is 20.8 Å². The van der Waals surface area contributed by atoms with Crippen molar-refractivity contribution in [1.29, 1.82) is 0 Å². The minimum absolute atomic E-state index is 0.0209. The second-order valence-corrected chi connectivity index (χ2v) is 8.63. The van der Waals surface area contributed by atoms with E-state index >= 15 is 0 Å². The highest BCUT2D eigenvalue weighted by atomic mass is 16.5. The van der Waals surface area contributed by atoms with E-state index in [0.717, 1.165) is 5.56 Å². The van der Waals surface area contributed by atoms with E-state index in [4.69, 9.17) is 9.47 Å². The lowest BCUT2D eigenvalue weighted by atomic mass is 9.71. The van der Waals surface area contributed by atoms with Crippen LogP contribution in [0.2, 0.25) is 0 Å². The summed E-state index contributed by atoms with van der Waals surface area (Å²) in [7, 11) is 0. The molecule has 172 valence electrons. The second-order valence-electron chi connectivity index (χ2n) is 8.63. The van der Waals surface area contributed by atoms with Crippen molar-refractivity contribution in [2.75, 3.05) is 13.3 Å². The van der Waals surface area contributed by atoms with Gasteiger partial charge in [0.05, 0.1) is 17.6 Å². The first kappa shape index (κ1) is 23.8. The highest BCUT2D eigenvalue weighted by Gasteiger charge is 2.53. The summed E-state index contributed by atoms with van der Waals surface area (Å²) in [5, 5.41) is 0. The molecule has 32 heavy (non-hydrogen) atoms. The van der Waals surface area contributed by atoms with Crippen molar-refractivity contribution in [3.63, 3.8) is 0 Å². The largest absolute Gasteiger partial charge is 0.476 e. The van der Waals surface area contributed by atoms with Gasteiger partial charge in [0.1, 0.15) is 11.3 Å². The normalized spacial score (nSPS) is 19.5. The third-order valence-corrected chi connectivity index (χ3v) is 6.58. The van der Waals surface area contributed by atoms with Gasteiger partial charge in [-0.3, -0.25) is 19.3 Å². The van der Waals surface area contributed by atoms with Crippen molar-refractivity contribution in [1.82, 2.24) is 4.90 Å². The minimum atomic E-state index is -1.20. The molecule has 1 aliphatic heterocycles. The van der Waals surface area contributed by atoms with Crippen LogP contribution in [0.5, 0.6) is 0 Å². The summed E-state index contributed by atoms with van der Waals surface area (Å²) in [6, 6.07) is 9.38. The van der Waals surface area contributed by atoms with Crippen LogP contribution in [0.3, 0.4) is 0 Å². The predicted molar refractivity (Wildman–Crippen MR) is 122 cm³/mol. The van der Waals surface area contributed by atoms with Crippen molar-refractivity contribution in [3.05, 3.63) is 53.8 Å². The van der Waals surface area contributed by atoms with E-state index in [9.17, 15) is 14.4 Å². The Morgan fingerprint density at radius 3 is 2.34 bits per heavy atom. The molecule has 2 aliphatic rings. The van der Waals surface area contributed by atoms with Crippen LogP contribution in [0.4, 0.5) is 0 Å². The van der Waals surface area contributed by atoms with Gasteiger partial charge in [-0.15, -0.1) is 0 Å². The molecule has 3 rings (SSSR count). The second kappa shape index (κ2) is 9.72. The van der Waals surface area contributed by atoms with Gasteiger partial charge in [0, 0.05) is 12.8 Å². The zero-order chi connectivity index (χ0) is 23.4. The van der Waals surface area contributed by atoms with Crippen LogP contribution in [-0.4, -0.2) is 41.4 Å². The molecule has 0 saturated carbocycles. The van der Waals surface area contributed by atoms with Crippen LogP contribution < -0.4 is 0 Å². The Kier molecular flexibility index (Phi) is 7.22. The number of hydrogen-bond acceptors (Lipinski definition) is 5. The Balaban J connectivity index is 2.04. The fourth-order valence-electron chi connectivity index (χ4n) is 4.82. The lowest BCUT2D eigenvalue weighted by Gasteiger charge is -2.46. The summed E-state index contributed by atoms with van der Waals surface area (Å²) in [6.07, 6.45) is 5.89. The van der Waals surface area contributed by atoms with Crippen molar-refractivity contribution in [2.24, 2.45) is 5.41 Å². The van der Waals surface area contributed by atoms with E-state index in [-0.39, 0.29) is 43.8 Å². The molecule has 1 aromatic carbocycles. The molecule has 0 saturated heterocycles. The lowest BCUT2D eigenvalue weighted by Crippen LogP contribution is -2.60. The quantitative estimate of drug-likeness (QED) is 0.414. The molecule has 6 nitrogen and oxygen atoms in total. The first-order chi connectivity index (χ1) is 15.3. The summed E-state index contributed by atoms with van der Waals surface area (Å²) in [5.74, 6) is -0.0455. The molecule has 1 unspecified atom stereocenters. The molecule has 1 atom stereocenters.